The lowest BCUT2D eigenvalue weighted by molar-refractivity contribution is 0.0605. The van der Waals surface area contributed by atoms with Crippen molar-refractivity contribution in [2.75, 3.05) is 13.1 Å². The molecule has 2 rings (SSSR count). The van der Waals surface area contributed by atoms with E-state index in [1.165, 1.54) is 24.8 Å². The highest BCUT2D eigenvalue weighted by atomic mass is 16.1. The van der Waals surface area contributed by atoms with E-state index in [9.17, 15) is 4.79 Å². The third kappa shape index (κ3) is 2.91. The number of carbonyl (C=O) groups is 1. The lowest BCUT2D eigenvalue weighted by atomic mass is 9.75. The Bertz CT molecular complexity index is 488. The number of likely N-dealkylation sites (N-methyl/N-ethyl adjacent to an activating group) is 1. The van der Waals surface area contributed by atoms with Gasteiger partial charge in [-0.3, -0.25) is 9.69 Å². The monoisotopic (exact) mass is 287 g/mol. The zero-order valence-corrected chi connectivity index (χ0v) is 14.0. The van der Waals surface area contributed by atoms with E-state index in [-0.39, 0.29) is 5.54 Å². The topological polar surface area (TPSA) is 20.3 Å². The fraction of sp³-hybridized carbons (Fsp3) is 0.632. The molecule has 1 aromatic rings. The van der Waals surface area contributed by atoms with E-state index in [4.69, 9.17) is 0 Å². The van der Waals surface area contributed by atoms with Gasteiger partial charge in [-0.05, 0) is 50.8 Å². The molecule has 0 spiro atoms. The number of rotatable bonds is 7. The highest BCUT2D eigenvalue weighted by molar-refractivity contribution is 6.04. The van der Waals surface area contributed by atoms with Crippen molar-refractivity contribution in [1.29, 1.82) is 0 Å². The molecule has 116 valence electrons. The predicted octanol–water partition coefficient (Wildman–Crippen LogP) is 4.65. The maximum absolute atomic E-state index is 13.3. The number of Topliss-reactive ketones (excluding diaryl/α,β-unsaturated/α-hetero) is 1. The maximum atomic E-state index is 13.3. The molecule has 21 heavy (non-hydrogen) atoms. The van der Waals surface area contributed by atoms with Crippen LogP contribution in [-0.4, -0.2) is 29.3 Å². The molecule has 0 saturated heterocycles. The molecule has 0 aliphatic heterocycles. The van der Waals surface area contributed by atoms with Crippen molar-refractivity contribution in [1.82, 2.24) is 4.90 Å². The lowest BCUT2D eigenvalue weighted by Gasteiger charge is -2.39. The molecule has 1 aliphatic carbocycles. The zero-order chi connectivity index (χ0) is 15.5. The highest BCUT2D eigenvalue weighted by Gasteiger charge is 2.38. The number of hydrogen-bond acceptors (Lipinski definition) is 2. The van der Waals surface area contributed by atoms with Crippen LogP contribution < -0.4 is 0 Å². The van der Waals surface area contributed by atoms with Gasteiger partial charge in [0.25, 0.3) is 0 Å². The van der Waals surface area contributed by atoms with E-state index in [1.54, 1.807) is 0 Å². The van der Waals surface area contributed by atoms with Crippen LogP contribution in [0.3, 0.4) is 0 Å². The molecule has 1 unspecified atom stereocenters. The van der Waals surface area contributed by atoms with Crippen molar-refractivity contribution in [2.45, 2.75) is 64.8 Å². The molecule has 0 amide bonds. The number of benzene rings is 1. The summed E-state index contributed by atoms with van der Waals surface area (Å²) in [6, 6.07) is 8.28. The molecule has 2 heteroatoms. The summed E-state index contributed by atoms with van der Waals surface area (Å²) < 4.78 is 0. The summed E-state index contributed by atoms with van der Waals surface area (Å²) in [5.41, 5.74) is 1.85. The fourth-order valence-corrected chi connectivity index (χ4v) is 3.52. The van der Waals surface area contributed by atoms with Gasteiger partial charge in [0.2, 0.25) is 0 Å². The smallest absolute Gasteiger partial charge is 0.183 e. The van der Waals surface area contributed by atoms with E-state index >= 15 is 0 Å². The largest absolute Gasteiger partial charge is 0.292 e. The second-order valence-electron chi connectivity index (χ2n) is 6.34. The van der Waals surface area contributed by atoms with Gasteiger partial charge in [0.05, 0.1) is 5.54 Å². The molecule has 0 bridgehead atoms. The second kappa shape index (κ2) is 6.74. The minimum Gasteiger partial charge on any atom is -0.292 e. The summed E-state index contributed by atoms with van der Waals surface area (Å²) in [6.45, 7) is 10.4. The first-order chi connectivity index (χ1) is 10.1. The minimum absolute atomic E-state index is 0.302. The van der Waals surface area contributed by atoms with E-state index in [1.807, 2.05) is 12.1 Å². The molecule has 0 aromatic heterocycles. The van der Waals surface area contributed by atoms with Gasteiger partial charge in [0, 0.05) is 5.56 Å². The van der Waals surface area contributed by atoms with Crippen molar-refractivity contribution >= 4 is 5.78 Å². The van der Waals surface area contributed by atoms with Crippen molar-refractivity contribution < 1.29 is 4.79 Å². The van der Waals surface area contributed by atoms with E-state index in [0.717, 1.165) is 25.1 Å². The van der Waals surface area contributed by atoms with Crippen LogP contribution in [0, 0.1) is 0 Å². The summed E-state index contributed by atoms with van der Waals surface area (Å²) in [4.78, 5) is 15.6. The van der Waals surface area contributed by atoms with Crippen LogP contribution in [0.15, 0.2) is 24.3 Å². The number of hydrogen-bond donors (Lipinski definition) is 0. The molecule has 2 nitrogen and oxygen atoms in total. The van der Waals surface area contributed by atoms with Crippen molar-refractivity contribution in [2.24, 2.45) is 0 Å². The Labute approximate surface area is 129 Å². The zero-order valence-electron chi connectivity index (χ0n) is 14.0. The first kappa shape index (κ1) is 16.2. The maximum Gasteiger partial charge on any atom is 0.183 e. The van der Waals surface area contributed by atoms with Gasteiger partial charge in [-0.1, -0.05) is 51.5 Å². The summed E-state index contributed by atoms with van der Waals surface area (Å²) >= 11 is 0. The van der Waals surface area contributed by atoms with Crippen LogP contribution in [0.25, 0.3) is 0 Å². The Morgan fingerprint density at radius 3 is 2.29 bits per heavy atom. The third-order valence-electron chi connectivity index (χ3n) is 5.39. The van der Waals surface area contributed by atoms with Gasteiger partial charge in [0.1, 0.15) is 0 Å². The van der Waals surface area contributed by atoms with Gasteiger partial charge in [0.15, 0.2) is 5.78 Å². The third-order valence-corrected chi connectivity index (χ3v) is 5.39. The molecule has 1 atom stereocenters. The number of nitrogens with zero attached hydrogens (tertiary/aromatic N) is 1. The van der Waals surface area contributed by atoms with Crippen LogP contribution in [0.5, 0.6) is 0 Å². The van der Waals surface area contributed by atoms with Crippen molar-refractivity contribution in [3.8, 4) is 0 Å². The molecular formula is C19H29NO. The molecule has 1 saturated carbocycles. The average molecular weight is 287 g/mol. The van der Waals surface area contributed by atoms with Crippen LogP contribution in [0.1, 0.15) is 75.2 Å². The van der Waals surface area contributed by atoms with Crippen LogP contribution in [0.4, 0.5) is 0 Å². The minimum atomic E-state index is -0.386. The Morgan fingerprint density at radius 1 is 1.19 bits per heavy atom. The van der Waals surface area contributed by atoms with Crippen LogP contribution in [-0.2, 0) is 0 Å². The van der Waals surface area contributed by atoms with Gasteiger partial charge in [-0.15, -0.1) is 0 Å². The Hall–Kier alpha value is -1.15. The Kier molecular flexibility index (Phi) is 5.21. The normalized spacial score (nSPS) is 18.3. The van der Waals surface area contributed by atoms with Gasteiger partial charge in [-0.2, -0.15) is 0 Å². The first-order valence-corrected chi connectivity index (χ1v) is 8.47. The molecule has 1 aromatic carbocycles. The van der Waals surface area contributed by atoms with Crippen molar-refractivity contribution in [3.05, 3.63) is 35.4 Å². The molecule has 0 heterocycles. The summed E-state index contributed by atoms with van der Waals surface area (Å²) in [6.07, 6.45) is 4.62. The SMILES string of the molecule is CCN(CC)C(C)(CC)C(=O)c1ccccc1C1CCC1. The van der Waals surface area contributed by atoms with E-state index in [0.29, 0.717) is 11.7 Å². The Morgan fingerprint density at radius 2 is 1.81 bits per heavy atom. The highest BCUT2D eigenvalue weighted by Crippen LogP contribution is 2.39. The Balaban J connectivity index is 2.38. The molecule has 0 N–H and O–H groups in total. The lowest BCUT2D eigenvalue weighted by Crippen LogP contribution is -2.52. The quantitative estimate of drug-likeness (QED) is 0.680. The number of carbonyl (C=O) groups excluding carboxylic acids is 1. The summed E-state index contributed by atoms with van der Waals surface area (Å²) in [5.74, 6) is 0.902. The number of ketones is 1. The van der Waals surface area contributed by atoms with Crippen LogP contribution in [0.2, 0.25) is 0 Å². The summed E-state index contributed by atoms with van der Waals surface area (Å²) in [5, 5.41) is 0. The molecule has 1 aliphatic rings. The van der Waals surface area contributed by atoms with Gasteiger partial charge < -0.3 is 0 Å². The first-order valence-electron chi connectivity index (χ1n) is 8.47. The van der Waals surface area contributed by atoms with Gasteiger partial charge >= 0.3 is 0 Å². The van der Waals surface area contributed by atoms with Crippen molar-refractivity contribution in [3.63, 3.8) is 0 Å². The average Bonchev–Trinajstić information content (AvgIpc) is 2.46. The van der Waals surface area contributed by atoms with E-state index < -0.39 is 0 Å². The van der Waals surface area contributed by atoms with E-state index in [2.05, 4.69) is 44.7 Å². The molecule has 0 radical (unpaired) electrons. The van der Waals surface area contributed by atoms with Crippen LogP contribution >= 0.6 is 0 Å². The summed E-state index contributed by atoms with van der Waals surface area (Å²) in [7, 11) is 0. The standard InChI is InChI=1S/C19H29NO/c1-5-19(4,20(6-2)7-3)18(21)17-14-9-8-13-16(17)15-11-10-12-15/h8-9,13-15H,5-7,10-12H2,1-4H3. The van der Waals surface area contributed by atoms with Gasteiger partial charge in [-0.25, -0.2) is 0 Å². The molecule has 1 fully saturated rings. The molecular weight excluding hydrogens is 258 g/mol. The second-order valence-corrected chi connectivity index (χ2v) is 6.34. The predicted molar refractivity (Wildman–Crippen MR) is 89.0 cm³/mol. The fourth-order valence-electron chi connectivity index (χ4n) is 3.52.